The van der Waals surface area contributed by atoms with E-state index >= 15 is 0 Å². The monoisotopic (exact) mass is 205 g/mol. The van der Waals surface area contributed by atoms with Crippen LogP contribution in [0.25, 0.3) is 0 Å². The molecule has 3 nitrogen and oxygen atoms in total. The molecule has 0 bridgehead atoms. The third-order valence-electron chi connectivity index (χ3n) is 2.94. The fraction of sp³-hybridized carbons (Fsp3) is 0.583. The van der Waals surface area contributed by atoms with Gasteiger partial charge in [-0.25, -0.2) is 4.98 Å². The van der Waals surface area contributed by atoms with E-state index in [1.807, 2.05) is 6.07 Å². The molecule has 1 unspecified atom stereocenters. The number of hydrogen-bond donors (Lipinski definition) is 1. The predicted molar refractivity (Wildman–Crippen MR) is 64.4 cm³/mol. The van der Waals surface area contributed by atoms with E-state index in [-0.39, 0.29) is 0 Å². The van der Waals surface area contributed by atoms with E-state index in [9.17, 15) is 0 Å². The summed E-state index contributed by atoms with van der Waals surface area (Å²) in [6, 6.07) is 6.83. The number of anilines is 2. The number of nitrogens with zero attached hydrogens (tertiary/aromatic N) is 2. The summed E-state index contributed by atoms with van der Waals surface area (Å²) >= 11 is 0. The second kappa shape index (κ2) is 4.51. The van der Waals surface area contributed by atoms with Crippen LogP contribution in [-0.2, 0) is 0 Å². The molecule has 0 amide bonds. The first kappa shape index (κ1) is 10.3. The highest BCUT2D eigenvalue weighted by atomic mass is 15.2. The van der Waals surface area contributed by atoms with Crippen molar-refractivity contribution in [2.24, 2.45) is 0 Å². The molecule has 82 valence electrons. The molecule has 1 fully saturated rings. The number of pyridine rings is 1. The number of hydrogen-bond acceptors (Lipinski definition) is 3. The molecule has 2 rings (SSSR count). The molecule has 3 heteroatoms. The van der Waals surface area contributed by atoms with Gasteiger partial charge >= 0.3 is 0 Å². The van der Waals surface area contributed by atoms with Gasteiger partial charge < -0.3 is 10.2 Å². The van der Waals surface area contributed by atoms with Gasteiger partial charge in [-0.1, -0.05) is 6.07 Å². The normalized spacial score (nSPS) is 20.7. The third kappa shape index (κ3) is 2.22. The second-order valence-corrected chi connectivity index (χ2v) is 4.10. The molecule has 2 heterocycles. The number of rotatable bonds is 3. The molecule has 1 atom stereocenters. The van der Waals surface area contributed by atoms with Crippen LogP contribution in [0.4, 0.5) is 11.6 Å². The summed E-state index contributed by atoms with van der Waals surface area (Å²) in [5, 5.41) is 3.25. The molecule has 1 N–H and O–H groups in total. The zero-order chi connectivity index (χ0) is 10.7. The first-order valence-electron chi connectivity index (χ1n) is 5.79. The van der Waals surface area contributed by atoms with Crippen molar-refractivity contribution in [2.75, 3.05) is 23.3 Å². The van der Waals surface area contributed by atoms with E-state index in [2.05, 4.69) is 41.2 Å². The molecule has 0 aromatic carbocycles. The van der Waals surface area contributed by atoms with Gasteiger partial charge in [0.05, 0.1) is 0 Å². The Hall–Kier alpha value is -1.25. The topological polar surface area (TPSA) is 28.2 Å². The average molecular weight is 205 g/mol. The Morgan fingerprint density at radius 1 is 1.53 bits per heavy atom. The van der Waals surface area contributed by atoms with Crippen molar-refractivity contribution in [3.05, 3.63) is 18.2 Å². The van der Waals surface area contributed by atoms with Gasteiger partial charge in [0.25, 0.3) is 0 Å². The van der Waals surface area contributed by atoms with Crippen molar-refractivity contribution in [2.45, 2.75) is 32.7 Å². The molecular weight excluding hydrogens is 186 g/mol. The lowest BCUT2D eigenvalue weighted by Gasteiger charge is -2.22. The lowest BCUT2D eigenvalue weighted by Crippen LogP contribution is -2.27. The molecule has 0 saturated carbocycles. The lowest BCUT2D eigenvalue weighted by molar-refractivity contribution is 0.727. The van der Waals surface area contributed by atoms with Gasteiger partial charge in [0.15, 0.2) is 0 Å². The van der Waals surface area contributed by atoms with Gasteiger partial charge in [0.2, 0.25) is 0 Å². The quantitative estimate of drug-likeness (QED) is 0.821. The zero-order valence-corrected chi connectivity index (χ0v) is 9.53. The van der Waals surface area contributed by atoms with Gasteiger partial charge in [0, 0.05) is 19.1 Å². The van der Waals surface area contributed by atoms with Gasteiger partial charge in [-0.15, -0.1) is 0 Å². The average Bonchev–Trinajstić information content (AvgIpc) is 2.65. The summed E-state index contributed by atoms with van der Waals surface area (Å²) in [5.74, 6) is 2.09. The smallest absolute Gasteiger partial charge is 0.131 e. The van der Waals surface area contributed by atoms with Crippen LogP contribution in [0.3, 0.4) is 0 Å². The van der Waals surface area contributed by atoms with Gasteiger partial charge in [0.1, 0.15) is 11.6 Å². The molecular formula is C12H19N3. The van der Waals surface area contributed by atoms with Crippen molar-refractivity contribution in [3.8, 4) is 0 Å². The van der Waals surface area contributed by atoms with Crippen LogP contribution in [0, 0.1) is 0 Å². The molecule has 0 spiro atoms. The standard InChI is InChI=1S/C12H19N3/c1-3-13-11-7-4-8-12(14-11)15-9-5-6-10(15)2/h4,7-8,10H,3,5-6,9H2,1-2H3,(H,13,14). The van der Waals surface area contributed by atoms with Gasteiger partial charge in [-0.2, -0.15) is 0 Å². The highest BCUT2D eigenvalue weighted by Crippen LogP contribution is 2.24. The highest BCUT2D eigenvalue weighted by Gasteiger charge is 2.21. The Morgan fingerprint density at radius 2 is 2.40 bits per heavy atom. The maximum atomic E-state index is 4.61. The van der Waals surface area contributed by atoms with Crippen molar-refractivity contribution in [3.63, 3.8) is 0 Å². The summed E-state index contributed by atoms with van der Waals surface area (Å²) < 4.78 is 0. The van der Waals surface area contributed by atoms with Crippen LogP contribution in [0.1, 0.15) is 26.7 Å². The fourth-order valence-corrected chi connectivity index (χ4v) is 2.14. The fourth-order valence-electron chi connectivity index (χ4n) is 2.14. The van der Waals surface area contributed by atoms with Crippen LogP contribution in [0.15, 0.2) is 18.2 Å². The summed E-state index contributed by atoms with van der Waals surface area (Å²) in [5.41, 5.74) is 0. The first-order chi connectivity index (χ1) is 7.31. The minimum Gasteiger partial charge on any atom is -0.370 e. The largest absolute Gasteiger partial charge is 0.370 e. The minimum absolute atomic E-state index is 0.634. The molecule has 1 aliphatic rings. The summed E-state index contributed by atoms with van der Waals surface area (Å²) in [4.78, 5) is 7.00. The molecule has 0 radical (unpaired) electrons. The predicted octanol–water partition coefficient (Wildman–Crippen LogP) is 2.50. The van der Waals surface area contributed by atoms with Crippen LogP contribution < -0.4 is 10.2 Å². The zero-order valence-electron chi connectivity index (χ0n) is 9.53. The molecule has 15 heavy (non-hydrogen) atoms. The van der Waals surface area contributed by atoms with Crippen LogP contribution in [0.5, 0.6) is 0 Å². The third-order valence-corrected chi connectivity index (χ3v) is 2.94. The summed E-state index contributed by atoms with van der Waals surface area (Å²) in [6.45, 7) is 6.43. The summed E-state index contributed by atoms with van der Waals surface area (Å²) in [7, 11) is 0. The van der Waals surface area contributed by atoms with Crippen molar-refractivity contribution >= 4 is 11.6 Å². The van der Waals surface area contributed by atoms with E-state index in [4.69, 9.17) is 0 Å². The number of nitrogens with one attached hydrogen (secondary N) is 1. The lowest BCUT2D eigenvalue weighted by atomic mass is 10.2. The van der Waals surface area contributed by atoms with Crippen LogP contribution in [0.2, 0.25) is 0 Å². The van der Waals surface area contributed by atoms with Crippen LogP contribution in [-0.4, -0.2) is 24.1 Å². The Labute approximate surface area is 91.5 Å². The minimum atomic E-state index is 0.634. The van der Waals surface area contributed by atoms with E-state index in [1.165, 1.54) is 12.8 Å². The number of aromatic nitrogens is 1. The van der Waals surface area contributed by atoms with E-state index < -0.39 is 0 Å². The molecule has 1 aromatic rings. The van der Waals surface area contributed by atoms with Crippen molar-refractivity contribution in [1.29, 1.82) is 0 Å². The molecule has 1 saturated heterocycles. The van der Waals surface area contributed by atoms with E-state index in [1.54, 1.807) is 0 Å². The van der Waals surface area contributed by atoms with Crippen LogP contribution >= 0.6 is 0 Å². The van der Waals surface area contributed by atoms with E-state index in [0.29, 0.717) is 6.04 Å². The molecule has 1 aliphatic heterocycles. The maximum absolute atomic E-state index is 4.61. The molecule has 1 aromatic heterocycles. The molecule has 0 aliphatic carbocycles. The van der Waals surface area contributed by atoms with E-state index in [0.717, 1.165) is 24.7 Å². The maximum Gasteiger partial charge on any atom is 0.131 e. The first-order valence-corrected chi connectivity index (χ1v) is 5.79. The Kier molecular flexibility index (Phi) is 3.09. The van der Waals surface area contributed by atoms with Crippen molar-refractivity contribution < 1.29 is 0 Å². The highest BCUT2D eigenvalue weighted by molar-refractivity contribution is 5.48. The van der Waals surface area contributed by atoms with Gasteiger partial charge in [-0.3, -0.25) is 0 Å². The SMILES string of the molecule is CCNc1cccc(N2CCCC2C)n1. The van der Waals surface area contributed by atoms with Gasteiger partial charge in [-0.05, 0) is 38.8 Å². The van der Waals surface area contributed by atoms with Crippen molar-refractivity contribution in [1.82, 2.24) is 4.98 Å². The Bertz CT molecular complexity index is 324. The summed E-state index contributed by atoms with van der Waals surface area (Å²) in [6.07, 6.45) is 2.57. The Balaban J connectivity index is 2.16. The second-order valence-electron chi connectivity index (χ2n) is 4.10. The Morgan fingerprint density at radius 3 is 3.07 bits per heavy atom.